The standard InChI is InChI=1S/C15H15N3O/c1-18(9-11-6-8-19-10-11)14-5-4-13-12(15(14)16)3-2-7-17-13/h2-8,10H,9,16H2,1H3. The minimum atomic E-state index is 0.756. The van der Waals surface area contributed by atoms with Crippen LogP contribution in [-0.4, -0.2) is 12.0 Å². The Hall–Kier alpha value is -2.49. The van der Waals surface area contributed by atoms with Gasteiger partial charge in [-0.15, -0.1) is 0 Å². The minimum absolute atomic E-state index is 0.756. The maximum Gasteiger partial charge on any atom is 0.0952 e. The fourth-order valence-corrected chi connectivity index (χ4v) is 2.24. The Balaban J connectivity index is 1.98. The molecule has 96 valence electrons. The summed E-state index contributed by atoms with van der Waals surface area (Å²) in [5, 5.41) is 0.985. The highest BCUT2D eigenvalue weighted by Gasteiger charge is 2.09. The van der Waals surface area contributed by atoms with Gasteiger partial charge < -0.3 is 15.1 Å². The number of hydrogen-bond donors (Lipinski definition) is 1. The summed E-state index contributed by atoms with van der Waals surface area (Å²) < 4.78 is 5.08. The Kier molecular flexibility index (Phi) is 2.83. The highest BCUT2D eigenvalue weighted by molar-refractivity contribution is 5.97. The molecule has 0 amide bonds. The van der Waals surface area contributed by atoms with Crippen LogP contribution in [0.5, 0.6) is 0 Å². The van der Waals surface area contributed by atoms with Crippen molar-refractivity contribution in [2.24, 2.45) is 0 Å². The van der Waals surface area contributed by atoms with E-state index in [-0.39, 0.29) is 0 Å². The Morgan fingerprint density at radius 3 is 2.95 bits per heavy atom. The molecule has 3 rings (SSSR count). The van der Waals surface area contributed by atoms with Gasteiger partial charge in [-0.3, -0.25) is 4.98 Å². The van der Waals surface area contributed by atoms with E-state index in [1.807, 2.05) is 37.4 Å². The van der Waals surface area contributed by atoms with Crippen LogP contribution in [-0.2, 0) is 6.54 Å². The van der Waals surface area contributed by atoms with Crippen LogP contribution in [0.4, 0.5) is 11.4 Å². The summed E-state index contributed by atoms with van der Waals surface area (Å²) in [6.07, 6.45) is 5.20. The first-order chi connectivity index (χ1) is 9.25. The summed E-state index contributed by atoms with van der Waals surface area (Å²) in [5.74, 6) is 0. The number of fused-ring (bicyclic) bond motifs is 1. The van der Waals surface area contributed by atoms with E-state index >= 15 is 0 Å². The predicted molar refractivity (Wildman–Crippen MR) is 77.0 cm³/mol. The topological polar surface area (TPSA) is 55.3 Å². The third kappa shape index (κ3) is 2.12. The summed E-state index contributed by atoms with van der Waals surface area (Å²) in [5.41, 5.74) is 10.0. The fourth-order valence-electron chi connectivity index (χ4n) is 2.24. The molecule has 2 aromatic heterocycles. The van der Waals surface area contributed by atoms with Gasteiger partial charge in [0.05, 0.1) is 29.4 Å². The number of nitrogens with zero attached hydrogens (tertiary/aromatic N) is 2. The van der Waals surface area contributed by atoms with Crippen LogP contribution in [0.15, 0.2) is 53.5 Å². The number of hydrogen-bond acceptors (Lipinski definition) is 4. The minimum Gasteiger partial charge on any atom is -0.472 e. The van der Waals surface area contributed by atoms with E-state index in [0.29, 0.717) is 0 Å². The molecule has 0 saturated carbocycles. The fraction of sp³-hybridized carbons (Fsp3) is 0.133. The first-order valence-corrected chi connectivity index (χ1v) is 6.11. The van der Waals surface area contributed by atoms with Crippen LogP contribution in [0.2, 0.25) is 0 Å². The average molecular weight is 253 g/mol. The second kappa shape index (κ2) is 4.65. The number of anilines is 2. The predicted octanol–water partition coefficient (Wildman–Crippen LogP) is 3.05. The summed E-state index contributed by atoms with van der Waals surface area (Å²) in [7, 11) is 2.01. The Morgan fingerprint density at radius 1 is 1.26 bits per heavy atom. The van der Waals surface area contributed by atoms with E-state index < -0.39 is 0 Å². The highest BCUT2D eigenvalue weighted by atomic mass is 16.3. The van der Waals surface area contributed by atoms with Gasteiger partial charge in [-0.25, -0.2) is 0 Å². The molecule has 1 aromatic carbocycles. The maximum absolute atomic E-state index is 6.24. The smallest absolute Gasteiger partial charge is 0.0952 e. The molecule has 2 N–H and O–H groups in total. The molecule has 4 nitrogen and oxygen atoms in total. The average Bonchev–Trinajstić information content (AvgIpc) is 2.92. The third-order valence-corrected chi connectivity index (χ3v) is 3.21. The van der Waals surface area contributed by atoms with E-state index in [9.17, 15) is 0 Å². The largest absolute Gasteiger partial charge is 0.472 e. The van der Waals surface area contributed by atoms with Crippen molar-refractivity contribution in [1.82, 2.24) is 4.98 Å². The summed E-state index contributed by atoms with van der Waals surface area (Å²) in [6.45, 7) is 0.756. The summed E-state index contributed by atoms with van der Waals surface area (Å²) >= 11 is 0. The molecule has 3 aromatic rings. The number of aromatic nitrogens is 1. The maximum atomic E-state index is 6.24. The molecule has 0 saturated heterocycles. The van der Waals surface area contributed by atoms with Crippen LogP contribution in [0.1, 0.15) is 5.56 Å². The zero-order valence-corrected chi connectivity index (χ0v) is 10.7. The second-order valence-corrected chi connectivity index (χ2v) is 4.56. The van der Waals surface area contributed by atoms with E-state index in [4.69, 9.17) is 10.2 Å². The molecule has 0 aliphatic rings. The molecular formula is C15H15N3O. The zero-order valence-electron chi connectivity index (χ0n) is 10.7. The van der Waals surface area contributed by atoms with Crippen LogP contribution in [0.3, 0.4) is 0 Å². The molecule has 0 spiro atoms. The Bertz CT molecular complexity index is 692. The molecular weight excluding hydrogens is 238 g/mol. The molecule has 0 fully saturated rings. The van der Waals surface area contributed by atoms with Crippen molar-refractivity contribution in [3.63, 3.8) is 0 Å². The van der Waals surface area contributed by atoms with Gasteiger partial charge in [0.1, 0.15) is 0 Å². The Labute approximate surface area is 111 Å². The van der Waals surface area contributed by atoms with Gasteiger partial charge in [0.2, 0.25) is 0 Å². The monoisotopic (exact) mass is 253 g/mol. The van der Waals surface area contributed by atoms with Gasteiger partial charge >= 0.3 is 0 Å². The van der Waals surface area contributed by atoms with Crippen molar-refractivity contribution in [3.05, 3.63) is 54.6 Å². The SMILES string of the molecule is CN(Cc1ccoc1)c1ccc2ncccc2c1N. The van der Waals surface area contributed by atoms with Crippen LogP contribution in [0.25, 0.3) is 10.9 Å². The van der Waals surface area contributed by atoms with Crippen LogP contribution in [0, 0.1) is 0 Å². The third-order valence-electron chi connectivity index (χ3n) is 3.21. The van der Waals surface area contributed by atoms with Crippen molar-refractivity contribution in [1.29, 1.82) is 0 Å². The second-order valence-electron chi connectivity index (χ2n) is 4.56. The molecule has 0 radical (unpaired) electrons. The number of furan rings is 1. The van der Waals surface area contributed by atoms with Crippen molar-refractivity contribution in [2.45, 2.75) is 6.54 Å². The molecule has 2 heterocycles. The van der Waals surface area contributed by atoms with Crippen molar-refractivity contribution < 1.29 is 4.42 Å². The van der Waals surface area contributed by atoms with Gasteiger partial charge in [0.25, 0.3) is 0 Å². The molecule has 0 aliphatic carbocycles. The highest BCUT2D eigenvalue weighted by Crippen LogP contribution is 2.30. The normalized spacial score (nSPS) is 10.8. The van der Waals surface area contributed by atoms with E-state index in [0.717, 1.165) is 34.4 Å². The first kappa shape index (κ1) is 11.6. The molecule has 0 aliphatic heterocycles. The molecule has 4 heteroatoms. The number of benzene rings is 1. The lowest BCUT2D eigenvalue weighted by Gasteiger charge is -2.21. The van der Waals surface area contributed by atoms with Gasteiger partial charge in [-0.1, -0.05) is 0 Å². The van der Waals surface area contributed by atoms with E-state index in [2.05, 4.69) is 9.88 Å². The lowest BCUT2D eigenvalue weighted by Crippen LogP contribution is -2.17. The zero-order chi connectivity index (χ0) is 13.2. The number of nitrogen functional groups attached to an aromatic ring is 1. The van der Waals surface area contributed by atoms with Gasteiger partial charge in [0.15, 0.2) is 0 Å². The van der Waals surface area contributed by atoms with Gasteiger partial charge in [-0.05, 0) is 30.3 Å². The van der Waals surface area contributed by atoms with Crippen LogP contribution >= 0.6 is 0 Å². The van der Waals surface area contributed by atoms with Gasteiger partial charge in [0, 0.05) is 30.7 Å². The first-order valence-electron chi connectivity index (χ1n) is 6.11. The number of nitrogens with two attached hydrogens (primary N) is 1. The quantitative estimate of drug-likeness (QED) is 0.729. The van der Waals surface area contributed by atoms with Crippen molar-refractivity contribution in [2.75, 3.05) is 17.7 Å². The lowest BCUT2D eigenvalue weighted by atomic mass is 10.1. The number of pyridine rings is 1. The molecule has 0 unspecified atom stereocenters. The Morgan fingerprint density at radius 2 is 2.16 bits per heavy atom. The summed E-state index contributed by atoms with van der Waals surface area (Å²) in [4.78, 5) is 6.41. The summed E-state index contributed by atoms with van der Waals surface area (Å²) in [6, 6.07) is 9.85. The lowest BCUT2D eigenvalue weighted by molar-refractivity contribution is 0.563. The van der Waals surface area contributed by atoms with E-state index in [1.54, 1.807) is 18.7 Å². The molecule has 0 bridgehead atoms. The van der Waals surface area contributed by atoms with Crippen molar-refractivity contribution in [3.8, 4) is 0 Å². The van der Waals surface area contributed by atoms with Gasteiger partial charge in [-0.2, -0.15) is 0 Å². The van der Waals surface area contributed by atoms with Crippen molar-refractivity contribution >= 4 is 22.3 Å². The molecule has 19 heavy (non-hydrogen) atoms. The van der Waals surface area contributed by atoms with E-state index in [1.165, 1.54) is 0 Å². The van der Waals surface area contributed by atoms with Crippen LogP contribution < -0.4 is 10.6 Å². The number of rotatable bonds is 3. The molecule has 0 atom stereocenters.